The van der Waals surface area contributed by atoms with Gasteiger partial charge in [0.05, 0.1) is 7.11 Å². The second-order valence-electron chi connectivity index (χ2n) is 10.3. The summed E-state index contributed by atoms with van der Waals surface area (Å²) in [5, 5.41) is 4.17. The minimum Gasteiger partial charge on any atom is -0.497 e. The van der Waals surface area contributed by atoms with Crippen molar-refractivity contribution in [3.05, 3.63) is 35.7 Å². The van der Waals surface area contributed by atoms with E-state index in [0.717, 1.165) is 61.2 Å². The molecule has 1 aromatic carbocycles. The van der Waals surface area contributed by atoms with Gasteiger partial charge in [0.1, 0.15) is 11.6 Å². The molecule has 1 N–H and O–H groups in total. The third-order valence-electron chi connectivity index (χ3n) is 5.92. The zero-order chi connectivity index (χ0) is 23.1. The quantitative estimate of drug-likeness (QED) is 0.577. The SMILES string of the molecule is COc1cccc(Cc2nsc(N3CCC(CNC(=O)CC(C)CC(C)(C)C)CC3)n2)c1. The Morgan fingerprint density at radius 2 is 2.06 bits per heavy atom. The van der Waals surface area contributed by atoms with Crippen LogP contribution in [0, 0.1) is 17.3 Å². The van der Waals surface area contributed by atoms with Gasteiger partial charge < -0.3 is 15.0 Å². The molecular formula is C25H38N4O2S. The molecule has 1 unspecified atom stereocenters. The van der Waals surface area contributed by atoms with E-state index in [1.807, 2.05) is 18.2 Å². The van der Waals surface area contributed by atoms with Crippen molar-refractivity contribution >= 4 is 22.6 Å². The molecule has 32 heavy (non-hydrogen) atoms. The van der Waals surface area contributed by atoms with Crippen LogP contribution in [0.1, 0.15) is 64.8 Å². The Balaban J connectivity index is 1.40. The highest BCUT2D eigenvalue weighted by molar-refractivity contribution is 7.09. The zero-order valence-electron chi connectivity index (χ0n) is 20.2. The number of hydrogen-bond donors (Lipinski definition) is 1. The number of rotatable bonds is 9. The molecule has 0 bridgehead atoms. The van der Waals surface area contributed by atoms with Crippen LogP contribution in [0.3, 0.4) is 0 Å². The lowest BCUT2D eigenvalue weighted by molar-refractivity contribution is -0.122. The summed E-state index contributed by atoms with van der Waals surface area (Å²) in [4.78, 5) is 19.4. The van der Waals surface area contributed by atoms with Gasteiger partial charge in [-0.25, -0.2) is 4.98 Å². The molecule has 0 aliphatic carbocycles. The number of methoxy groups -OCH3 is 1. The average molecular weight is 459 g/mol. The minimum atomic E-state index is 0.190. The van der Waals surface area contributed by atoms with Gasteiger partial charge in [-0.05, 0) is 54.2 Å². The Bertz CT molecular complexity index is 869. The van der Waals surface area contributed by atoms with E-state index in [0.29, 0.717) is 24.7 Å². The first-order valence-electron chi connectivity index (χ1n) is 11.7. The second kappa shape index (κ2) is 11.1. The van der Waals surface area contributed by atoms with Crippen LogP contribution in [0.25, 0.3) is 0 Å². The van der Waals surface area contributed by atoms with E-state index >= 15 is 0 Å². The van der Waals surface area contributed by atoms with E-state index in [9.17, 15) is 4.79 Å². The van der Waals surface area contributed by atoms with E-state index < -0.39 is 0 Å². The van der Waals surface area contributed by atoms with Crippen molar-refractivity contribution in [2.24, 2.45) is 17.3 Å². The van der Waals surface area contributed by atoms with Gasteiger partial charge in [0, 0.05) is 44.0 Å². The average Bonchev–Trinajstić information content (AvgIpc) is 3.19. The van der Waals surface area contributed by atoms with Gasteiger partial charge in [0.15, 0.2) is 0 Å². The van der Waals surface area contributed by atoms with Gasteiger partial charge in [-0.15, -0.1) is 0 Å². The number of hydrogen-bond acceptors (Lipinski definition) is 6. The molecule has 0 radical (unpaired) electrons. The molecule has 1 saturated heterocycles. The molecule has 2 heterocycles. The number of nitrogens with one attached hydrogen (secondary N) is 1. The molecule has 0 saturated carbocycles. The van der Waals surface area contributed by atoms with Crippen LogP contribution < -0.4 is 15.0 Å². The molecule has 1 aromatic heterocycles. The first-order chi connectivity index (χ1) is 15.2. The Labute approximate surface area is 196 Å². The first kappa shape index (κ1) is 24.5. The number of amides is 1. The topological polar surface area (TPSA) is 67.3 Å². The number of ether oxygens (including phenoxy) is 1. The number of benzene rings is 1. The van der Waals surface area contributed by atoms with Crippen molar-refractivity contribution in [3.8, 4) is 5.75 Å². The fourth-order valence-corrected chi connectivity index (χ4v) is 5.24. The van der Waals surface area contributed by atoms with Crippen LogP contribution in [0.2, 0.25) is 0 Å². The van der Waals surface area contributed by atoms with Gasteiger partial charge in [0.2, 0.25) is 11.0 Å². The van der Waals surface area contributed by atoms with Crippen molar-refractivity contribution in [3.63, 3.8) is 0 Å². The lowest BCUT2D eigenvalue weighted by atomic mass is 9.84. The molecule has 7 heteroatoms. The van der Waals surface area contributed by atoms with Crippen LogP contribution >= 0.6 is 11.5 Å². The fourth-order valence-electron chi connectivity index (χ4n) is 4.50. The Hall–Kier alpha value is -2.15. The Morgan fingerprint density at radius 3 is 2.75 bits per heavy atom. The predicted molar refractivity (Wildman–Crippen MR) is 132 cm³/mol. The first-order valence-corrected chi connectivity index (χ1v) is 12.5. The van der Waals surface area contributed by atoms with Crippen molar-refractivity contribution in [1.82, 2.24) is 14.7 Å². The number of anilines is 1. The summed E-state index contributed by atoms with van der Waals surface area (Å²) < 4.78 is 9.87. The number of nitrogens with zero attached hydrogens (tertiary/aromatic N) is 3. The van der Waals surface area contributed by atoms with Crippen LogP contribution in [0.4, 0.5) is 5.13 Å². The molecule has 3 rings (SSSR count). The highest BCUT2D eigenvalue weighted by Gasteiger charge is 2.23. The van der Waals surface area contributed by atoms with E-state index in [2.05, 4.69) is 48.4 Å². The summed E-state index contributed by atoms with van der Waals surface area (Å²) >= 11 is 1.48. The molecule has 1 aliphatic rings. The van der Waals surface area contributed by atoms with Gasteiger partial charge in [-0.2, -0.15) is 4.37 Å². The molecule has 176 valence electrons. The lowest BCUT2D eigenvalue weighted by Crippen LogP contribution is -2.39. The van der Waals surface area contributed by atoms with Gasteiger partial charge in [-0.3, -0.25) is 4.79 Å². The third kappa shape index (κ3) is 7.76. The lowest BCUT2D eigenvalue weighted by Gasteiger charge is -2.31. The summed E-state index contributed by atoms with van der Waals surface area (Å²) in [5.41, 5.74) is 1.42. The summed E-state index contributed by atoms with van der Waals surface area (Å²) in [7, 11) is 1.68. The van der Waals surface area contributed by atoms with Crippen molar-refractivity contribution in [1.29, 1.82) is 0 Å². The van der Waals surface area contributed by atoms with Crippen LogP contribution in [-0.2, 0) is 11.2 Å². The largest absolute Gasteiger partial charge is 0.497 e. The molecule has 1 fully saturated rings. The molecule has 6 nitrogen and oxygen atoms in total. The summed E-state index contributed by atoms with van der Waals surface area (Å²) in [6.45, 7) is 11.6. The molecule has 1 aliphatic heterocycles. The number of carbonyl (C=O) groups excluding carboxylic acids is 1. The summed E-state index contributed by atoms with van der Waals surface area (Å²) in [5.74, 6) is 2.86. The van der Waals surface area contributed by atoms with Crippen LogP contribution in [-0.4, -0.2) is 42.0 Å². The van der Waals surface area contributed by atoms with Gasteiger partial charge in [0.25, 0.3) is 0 Å². The monoisotopic (exact) mass is 458 g/mol. The van der Waals surface area contributed by atoms with E-state index in [1.165, 1.54) is 11.5 Å². The Kier molecular flexibility index (Phi) is 8.51. The molecule has 1 amide bonds. The predicted octanol–water partition coefficient (Wildman–Crippen LogP) is 4.93. The van der Waals surface area contributed by atoms with Crippen LogP contribution in [0.15, 0.2) is 24.3 Å². The molecular weight excluding hydrogens is 420 g/mol. The number of carbonyl (C=O) groups is 1. The number of piperidine rings is 1. The Morgan fingerprint density at radius 1 is 1.31 bits per heavy atom. The maximum absolute atomic E-state index is 12.3. The second-order valence-corrected chi connectivity index (χ2v) is 11.1. The number of aromatic nitrogens is 2. The zero-order valence-corrected chi connectivity index (χ0v) is 21.0. The normalized spacial score (nSPS) is 16.1. The molecule has 0 spiro atoms. The maximum Gasteiger partial charge on any atom is 0.220 e. The minimum absolute atomic E-state index is 0.190. The summed E-state index contributed by atoms with van der Waals surface area (Å²) in [6, 6.07) is 8.05. The van der Waals surface area contributed by atoms with Crippen molar-refractivity contribution in [2.75, 3.05) is 31.6 Å². The smallest absolute Gasteiger partial charge is 0.220 e. The van der Waals surface area contributed by atoms with Crippen LogP contribution in [0.5, 0.6) is 5.75 Å². The highest BCUT2D eigenvalue weighted by atomic mass is 32.1. The summed E-state index contributed by atoms with van der Waals surface area (Å²) in [6.07, 6.45) is 4.55. The van der Waals surface area contributed by atoms with Gasteiger partial charge >= 0.3 is 0 Å². The standard InChI is InChI=1S/C25H38N4O2S/c1-18(16-25(2,3)4)13-23(30)26-17-19-9-11-29(12-10-19)24-27-22(28-32-24)15-20-7-6-8-21(14-20)31-5/h6-8,14,18-19H,9-13,15-17H2,1-5H3,(H,26,30). The van der Waals surface area contributed by atoms with E-state index in [-0.39, 0.29) is 11.3 Å². The third-order valence-corrected chi connectivity index (χ3v) is 6.74. The maximum atomic E-state index is 12.3. The van der Waals surface area contributed by atoms with E-state index in [4.69, 9.17) is 9.72 Å². The highest BCUT2D eigenvalue weighted by Crippen LogP contribution is 2.27. The van der Waals surface area contributed by atoms with E-state index in [1.54, 1.807) is 7.11 Å². The molecule has 2 aromatic rings. The van der Waals surface area contributed by atoms with Crippen molar-refractivity contribution < 1.29 is 9.53 Å². The van der Waals surface area contributed by atoms with Gasteiger partial charge in [-0.1, -0.05) is 39.8 Å². The molecule has 1 atom stereocenters. The fraction of sp³-hybridized carbons (Fsp3) is 0.640. The van der Waals surface area contributed by atoms with Crippen molar-refractivity contribution in [2.45, 2.75) is 59.8 Å².